The largest absolute Gasteiger partial charge is 0.388 e. The highest BCUT2D eigenvalue weighted by Crippen LogP contribution is 2.28. The molecule has 2 heterocycles. The summed E-state index contributed by atoms with van der Waals surface area (Å²) >= 11 is 0. The number of carbonyl (C=O) groups is 2. The third-order valence-corrected chi connectivity index (χ3v) is 12.6. The molecule has 13 nitrogen and oxygen atoms in total. The SMILES string of the molecule is CCCCCCCCCCCCCCCCCC(=O)NC[C@H]1O[C@H](O[C@H]2O[C@H](CNC(=O)CCCCCCCCCCCCCCCCC)[C@@H](O)[C@H](O)[C@H]2O)[C@H](O)[C@@H](O)[C@@H]1O. The van der Waals surface area contributed by atoms with Gasteiger partial charge in [-0.2, -0.15) is 0 Å². The molecule has 0 saturated carbocycles. The zero-order chi connectivity index (χ0) is 44.5. The van der Waals surface area contributed by atoms with Gasteiger partial charge in [0.1, 0.15) is 48.8 Å². The van der Waals surface area contributed by atoms with E-state index in [1.54, 1.807) is 0 Å². The maximum absolute atomic E-state index is 12.6. The van der Waals surface area contributed by atoms with Crippen LogP contribution in [0.4, 0.5) is 0 Å². The summed E-state index contributed by atoms with van der Waals surface area (Å²) in [5.74, 6) is -0.451. The Morgan fingerprint density at radius 2 is 0.623 bits per heavy atom. The second-order valence-electron chi connectivity index (χ2n) is 18.2. The fourth-order valence-corrected chi connectivity index (χ4v) is 8.45. The van der Waals surface area contributed by atoms with E-state index in [9.17, 15) is 40.2 Å². The molecular formula is C48H92N2O11. The fraction of sp³-hybridized carbons (Fsp3) is 0.958. The average molecular weight is 873 g/mol. The zero-order valence-corrected chi connectivity index (χ0v) is 38.5. The standard InChI is InChI=1S/C48H92N2O11/c1-3-5-7-9-11-13-15-17-19-21-23-25-27-29-31-33-39(51)49-35-37-41(53)43(55)45(57)47(59-37)61-48-46(58)44(56)42(54)38(60-48)36-50-40(52)34-32-30-28-26-24-22-20-18-16-14-12-10-8-6-4-2/h37-38,41-48,53-58H,3-36H2,1-2H3,(H,49,51)(H,50,52)/t37-,38-,41-,42-,43+,44+,45-,46-,47-,48-/m1/s1. The molecule has 2 rings (SSSR count). The Balaban J connectivity index is 1.61. The Morgan fingerprint density at radius 1 is 0.377 bits per heavy atom. The molecule has 2 aliphatic rings. The number of rotatable bonds is 38. The molecule has 2 aliphatic heterocycles. The van der Waals surface area contributed by atoms with Gasteiger partial charge in [0.2, 0.25) is 11.8 Å². The fourth-order valence-electron chi connectivity index (χ4n) is 8.45. The molecule has 2 saturated heterocycles. The van der Waals surface area contributed by atoms with Crippen LogP contribution in [-0.2, 0) is 23.8 Å². The van der Waals surface area contributed by atoms with Crippen LogP contribution in [0.2, 0.25) is 0 Å². The van der Waals surface area contributed by atoms with E-state index in [2.05, 4.69) is 24.5 Å². The van der Waals surface area contributed by atoms with Crippen molar-refractivity contribution >= 4 is 11.8 Å². The number of unbranched alkanes of at least 4 members (excludes halogenated alkanes) is 28. The van der Waals surface area contributed by atoms with Gasteiger partial charge in [-0.1, -0.05) is 194 Å². The van der Waals surface area contributed by atoms with Crippen LogP contribution in [0.5, 0.6) is 0 Å². The van der Waals surface area contributed by atoms with E-state index < -0.39 is 61.4 Å². The molecule has 0 unspecified atom stereocenters. The minimum absolute atomic E-state index is 0.161. The van der Waals surface area contributed by atoms with Gasteiger partial charge in [0.15, 0.2) is 12.6 Å². The molecule has 2 amide bonds. The predicted octanol–water partition coefficient (Wildman–Crippen LogP) is 7.37. The summed E-state index contributed by atoms with van der Waals surface area (Å²) in [5, 5.41) is 69.1. The number of aliphatic hydroxyl groups is 6. The molecule has 0 spiro atoms. The van der Waals surface area contributed by atoms with Crippen molar-refractivity contribution < 1.29 is 54.4 Å². The summed E-state index contributed by atoms with van der Waals surface area (Å²) in [6, 6.07) is 0. The molecule has 0 bridgehead atoms. The number of hydrogen-bond donors (Lipinski definition) is 8. The van der Waals surface area contributed by atoms with Gasteiger partial charge in [0, 0.05) is 25.9 Å². The molecule has 61 heavy (non-hydrogen) atoms. The van der Waals surface area contributed by atoms with Crippen LogP contribution in [0, 0.1) is 0 Å². The van der Waals surface area contributed by atoms with Gasteiger partial charge in [-0.15, -0.1) is 0 Å². The topological polar surface area (TPSA) is 207 Å². The van der Waals surface area contributed by atoms with Gasteiger partial charge in [-0.25, -0.2) is 0 Å². The van der Waals surface area contributed by atoms with Crippen molar-refractivity contribution in [2.24, 2.45) is 0 Å². The zero-order valence-electron chi connectivity index (χ0n) is 38.5. The number of amides is 2. The van der Waals surface area contributed by atoms with Crippen molar-refractivity contribution in [2.75, 3.05) is 13.1 Å². The molecular weight excluding hydrogens is 781 g/mol. The van der Waals surface area contributed by atoms with Crippen LogP contribution < -0.4 is 10.6 Å². The van der Waals surface area contributed by atoms with E-state index in [-0.39, 0.29) is 24.9 Å². The lowest BCUT2D eigenvalue weighted by atomic mass is 9.97. The first-order valence-corrected chi connectivity index (χ1v) is 25.2. The number of hydrogen-bond acceptors (Lipinski definition) is 11. The van der Waals surface area contributed by atoms with Crippen LogP contribution in [0.1, 0.15) is 219 Å². The predicted molar refractivity (Wildman–Crippen MR) is 240 cm³/mol. The van der Waals surface area contributed by atoms with Crippen molar-refractivity contribution in [3.63, 3.8) is 0 Å². The molecule has 0 radical (unpaired) electrons. The van der Waals surface area contributed by atoms with Gasteiger partial charge in [0.05, 0.1) is 0 Å². The number of nitrogens with one attached hydrogen (secondary N) is 2. The Labute approximate surface area is 369 Å². The molecule has 10 atom stereocenters. The van der Waals surface area contributed by atoms with Crippen LogP contribution >= 0.6 is 0 Å². The normalized spacial score (nSPS) is 26.7. The highest BCUT2D eigenvalue weighted by atomic mass is 16.8. The van der Waals surface area contributed by atoms with E-state index >= 15 is 0 Å². The van der Waals surface area contributed by atoms with Gasteiger partial charge >= 0.3 is 0 Å². The molecule has 0 aromatic rings. The maximum Gasteiger partial charge on any atom is 0.220 e. The number of aliphatic hydroxyl groups excluding tert-OH is 6. The molecule has 2 fully saturated rings. The molecule has 0 aromatic carbocycles. The van der Waals surface area contributed by atoms with Crippen LogP contribution in [0.25, 0.3) is 0 Å². The first-order chi connectivity index (χ1) is 29.6. The summed E-state index contributed by atoms with van der Waals surface area (Å²) in [5.41, 5.74) is 0. The van der Waals surface area contributed by atoms with Crippen LogP contribution in [0.3, 0.4) is 0 Å². The van der Waals surface area contributed by atoms with E-state index in [1.807, 2.05) is 0 Å². The van der Waals surface area contributed by atoms with Crippen molar-refractivity contribution in [3.05, 3.63) is 0 Å². The molecule has 0 aliphatic carbocycles. The first-order valence-electron chi connectivity index (χ1n) is 25.2. The Bertz CT molecular complexity index is 993. The summed E-state index contributed by atoms with van der Waals surface area (Å²) in [6.07, 6.45) is 22.0. The van der Waals surface area contributed by atoms with Gasteiger partial charge in [-0.05, 0) is 12.8 Å². The average Bonchev–Trinajstić information content (AvgIpc) is 3.25. The minimum atomic E-state index is -1.75. The third-order valence-electron chi connectivity index (χ3n) is 12.6. The molecule has 8 N–H and O–H groups in total. The lowest BCUT2D eigenvalue weighted by Gasteiger charge is -2.45. The van der Waals surface area contributed by atoms with Crippen molar-refractivity contribution in [1.29, 1.82) is 0 Å². The molecule has 13 heteroatoms. The highest BCUT2D eigenvalue weighted by molar-refractivity contribution is 5.76. The lowest BCUT2D eigenvalue weighted by molar-refractivity contribution is -0.372. The minimum Gasteiger partial charge on any atom is -0.388 e. The van der Waals surface area contributed by atoms with E-state index in [0.29, 0.717) is 12.8 Å². The summed E-state index contributed by atoms with van der Waals surface area (Å²) in [7, 11) is 0. The summed E-state index contributed by atoms with van der Waals surface area (Å²) in [6.45, 7) is 4.18. The Hall–Kier alpha value is -1.42. The Kier molecular flexibility index (Phi) is 32.8. The lowest BCUT2D eigenvalue weighted by Crippen LogP contribution is -2.64. The van der Waals surface area contributed by atoms with Crippen LogP contribution in [0.15, 0.2) is 0 Å². The number of carbonyl (C=O) groups excluding carboxylic acids is 2. The van der Waals surface area contributed by atoms with Gasteiger partial charge < -0.3 is 55.5 Å². The highest BCUT2D eigenvalue weighted by Gasteiger charge is 2.49. The van der Waals surface area contributed by atoms with Crippen molar-refractivity contribution in [3.8, 4) is 0 Å². The van der Waals surface area contributed by atoms with E-state index in [1.165, 1.54) is 141 Å². The first kappa shape index (κ1) is 55.7. The van der Waals surface area contributed by atoms with Gasteiger partial charge in [0.25, 0.3) is 0 Å². The van der Waals surface area contributed by atoms with Crippen LogP contribution in [-0.4, -0.2) is 117 Å². The second kappa shape index (κ2) is 35.9. The smallest absolute Gasteiger partial charge is 0.220 e. The van der Waals surface area contributed by atoms with Crippen molar-refractivity contribution in [2.45, 2.75) is 281 Å². The van der Waals surface area contributed by atoms with E-state index in [4.69, 9.17) is 14.2 Å². The van der Waals surface area contributed by atoms with E-state index in [0.717, 1.165) is 51.4 Å². The third kappa shape index (κ3) is 25.0. The van der Waals surface area contributed by atoms with Crippen molar-refractivity contribution in [1.82, 2.24) is 10.6 Å². The molecule has 360 valence electrons. The summed E-state index contributed by atoms with van der Waals surface area (Å²) < 4.78 is 17.1. The molecule has 0 aromatic heterocycles. The second-order valence-corrected chi connectivity index (χ2v) is 18.2. The quantitative estimate of drug-likeness (QED) is 0.0288. The Morgan fingerprint density at radius 3 is 0.885 bits per heavy atom. The maximum atomic E-state index is 12.6. The summed E-state index contributed by atoms with van der Waals surface area (Å²) in [4.78, 5) is 25.2. The monoisotopic (exact) mass is 873 g/mol. The van der Waals surface area contributed by atoms with Gasteiger partial charge in [-0.3, -0.25) is 9.59 Å². The number of ether oxygens (including phenoxy) is 3.